The Labute approximate surface area is 118 Å². The molecule has 2 rings (SSSR count). The van der Waals surface area contributed by atoms with Crippen LogP contribution in [0.1, 0.15) is 17.3 Å². The van der Waals surface area contributed by atoms with Gasteiger partial charge in [-0.15, -0.1) is 0 Å². The van der Waals surface area contributed by atoms with Crippen LogP contribution in [0.5, 0.6) is 0 Å². The van der Waals surface area contributed by atoms with E-state index in [2.05, 4.69) is 15.9 Å². The van der Waals surface area contributed by atoms with E-state index in [1.54, 1.807) is 30.3 Å². The number of hydrogen-bond donors (Lipinski definition) is 0. The van der Waals surface area contributed by atoms with Crippen molar-refractivity contribution in [3.8, 4) is 11.1 Å². The average Bonchev–Trinajstić information content (AvgIpc) is 2.30. The van der Waals surface area contributed by atoms with Crippen LogP contribution in [0.3, 0.4) is 0 Å². The molecule has 0 radical (unpaired) electrons. The molecule has 0 heterocycles. The highest BCUT2D eigenvalue weighted by atomic mass is 79.9. The third-order valence-corrected chi connectivity index (χ3v) is 3.40. The molecule has 0 unspecified atom stereocenters. The molecule has 0 saturated carbocycles. The molecule has 18 heavy (non-hydrogen) atoms. The molecular formula is C14H9BrClFO. The van der Waals surface area contributed by atoms with Gasteiger partial charge >= 0.3 is 0 Å². The van der Waals surface area contributed by atoms with Gasteiger partial charge in [0.1, 0.15) is 5.82 Å². The summed E-state index contributed by atoms with van der Waals surface area (Å²) in [6.07, 6.45) is 0. The Balaban J connectivity index is 2.54. The van der Waals surface area contributed by atoms with Crippen LogP contribution in [0.2, 0.25) is 5.02 Å². The lowest BCUT2D eigenvalue weighted by Crippen LogP contribution is -1.94. The number of carbonyl (C=O) groups is 1. The number of hydrogen-bond acceptors (Lipinski definition) is 1. The van der Waals surface area contributed by atoms with E-state index >= 15 is 0 Å². The molecule has 0 amide bonds. The number of rotatable bonds is 2. The van der Waals surface area contributed by atoms with E-state index in [9.17, 15) is 9.18 Å². The highest BCUT2D eigenvalue weighted by molar-refractivity contribution is 9.10. The van der Waals surface area contributed by atoms with Crippen molar-refractivity contribution in [3.05, 3.63) is 57.3 Å². The van der Waals surface area contributed by atoms with Gasteiger partial charge in [-0.05, 0) is 25.1 Å². The molecule has 1 nitrogen and oxygen atoms in total. The molecule has 0 fully saturated rings. The van der Waals surface area contributed by atoms with Gasteiger partial charge in [0.25, 0.3) is 0 Å². The van der Waals surface area contributed by atoms with Gasteiger partial charge in [-0.3, -0.25) is 4.79 Å². The minimum atomic E-state index is -0.452. The molecular weight excluding hydrogens is 319 g/mol. The smallest absolute Gasteiger partial charge is 0.159 e. The minimum Gasteiger partial charge on any atom is -0.295 e. The molecule has 2 aromatic rings. The van der Waals surface area contributed by atoms with Crippen molar-refractivity contribution >= 4 is 33.3 Å². The molecule has 0 aliphatic carbocycles. The van der Waals surface area contributed by atoms with Gasteiger partial charge in [-0.1, -0.05) is 45.7 Å². The predicted molar refractivity (Wildman–Crippen MR) is 74.6 cm³/mol. The molecule has 0 spiro atoms. The van der Waals surface area contributed by atoms with Crippen molar-refractivity contribution in [1.82, 2.24) is 0 Å². The van der Waals surface area contributed by atoms with Gasteiger partial charge in [0.2, 0.25) is 0 Å². The number of carbonyl (C=O) groups excluding carboxylic acids is 1. The fourth-order valence-corrected chi connectivity index (χ4v) is 2.44. The van der Waals surface area contributed by atoms with Crippen LogP contribution in [0, 0.1) is 5.82 Å². The van der Waals surface area contributed by atoms with Crippen molar-refractivity contribution in [1.29, 1.82) is 0 Å². The third-order valence-electron chi connectivity index (χ3n) is 2.60. The summed E-state index contributed by atoms with van der Waals surface area (Å²) < 4.78 is 14.8. The van der Waals surface area contributed by atoms with Crippen LogP contribution in [-0.2, 0) is 0 Å². The average molecular weight is 328 g/mol. The number of Topliss-reactive ketones (excluding diaryl/α,β-unsaturated/α-hetero) is 1. The first-order valence-electron chi connectivity index (χ1n) is 5.25. The van der Waals surface area contributed by atoms with Crippen LogP contribution in [0.4, 0.5) is 4.39 Å². The first kappa shape index (κ1) is 13.2. The Morgan fingerprint density at radius 1 is 1.17 bits per heavy atom. The van der Waals surface area contributed by atoms with Crippen molar-refractivity contribution in [2.75, 3.05) is 0 Å². The molecule has 0 saturated heterocycles. The van der Waals surface area contributed by atoms with Gasteiger partial charge in [0, 0.05) is 26.2 Å². The SMILES string of the molecule is CC(=O)c1ccc(-c2ccc(Br)cc2Cl)c(F)c1. The van der Waals surface area contributed by atoms with Crippen LogP contribution in [0.15, 0.2) is 40.9 Å². The Bertz CT molecular complexity index is 625. The predicted octanol–water partition coefficient (Wildman–Crippen LogP) is 5.11. The lowest BCUT2D eigenvalue weighted by Gasteiger charge is -2.07. The summed E-state index contributed by atoms with van der Waals surface area (Å²) in [4.78, 5) is 11.2. The minimum absolute atomic E-state index is 0.164. The summed E-state index contributed by atoms with van der Waals surface area (Å²) >= 11 is 9.37. The Morgan fingerprint density at radius 3 is 2.39 bits per heavy atom. The van der Waals surface area contributed by atoms with Crippen LogP contribution in [0.25, 0.3) is 11.1 Å². The number of benzene rings is 2. The van der Waals surface area contributed by atoms with E-state index in [-0.39, 0.29) is 5.78 Å². The molecule has 0 aliphatic rings. The quantitative estimate of drug-likeness (QED) is 0.700. The highest BCUT2D eigenvalue weighted by Gasteiger charge is 2.11. The van der Waals surface area contributed by atoms with Crippen molar-refractivity contribution in [2.24, 2.45) is 0 Å². The maximum atomic E-state index is 14.0. The first-order valence-corrected chi connectivity index (χ1v) is 6.42. The van der Waals surface area contributed by atoms with Gasteiger partial charge < -0.3 is 0 Å². The third kappa shape index (κ3) is 2.62. The number of halogens is 3. The lowest BCUT2D eigenvalue weighted by molar-refractivity contribution is 0.101. The Morgan fingerprint density at radius 2 is 1.83 bits per heavy atom. The van der Waals surface area contributed by atoms with E-state index in [4.69, 9.17) is 11.6 Å². The largest absolute Gasteiger partial charge is 0.295 e. The zero-order valence-corrected chi connectivity index (χ0v) is 11.8. The fourth-order valence-electron chi connectivity index (χ4n) is 1.66. The maximum absolute atomic E-state index is 14.0. The summed E-state index contributed by atoms with van der Waals surface area (Å²) in [6.45, 7) is 1.40. The van der Waals surface area contributed by atoms with Gasteiger partial charge in [-0.25, -0.2) is 4.39 Å². The first-order chi connectivity index (χ1) is 8.49. The monoisotopic (exact) mass is 326 g/mol. The van der Waals surface area contributed by atoms with Gasteiger partial charge in [-0.2, -0.15) is 0 Å². The normalized spacial score (nSPS) is 10.4. The Hall–Kier alpha value is -1.19. The summed E-state index contributed by atoms with van der Waals surface area (Å²) in [5.74, 6) is -0.616. The molecule has 0 N–H and O–H groups in total. The van der Waals surface area contributed by atoms with Crippen LogP contribution < -0.4 is 0 Å². The molecule has 0 aromatic heterocycles. The van der Waals surface area contributed by atoms with Crippen molar-refractivity contribution in [2.45, 2.75) is 6.92 Å². The summed E-state index contributed by atoms with van der Waals surface area (Å²) in [7, 11) is 0. The number of ketones is 1. The molecule has 92 valence electrons. The molecule has 0 bridgehead atoms. The van der Waals surface area contributed by atoms with Crippen molar-refractivity contribution in [3.63, 3.8) is 0 Å². The summed E-state index contributed by atoms with van der Waals surface area (Å²) in [5, 5.41) is 0.457. The van der Waals surface area contributed by atoms with Crippen LogP contribution >= 0.6 is 27.5 Å². The van der Waals surface area contributed by atoms with Crippen molar-refractivity contribution < 1.29 is 9.18 Å². The Kier molecular flexibility index (Phi) is 3.83. The van der Waals surface area contributed by atoms with E-state index < -0.39 is 5.82 Å². The fraction of sp³-hybridized carbons (Fsp3) is 0.0714. The zero-order valence-electron chi connectivity index (χ0n) is 9.51. The summed E-state index contributed by atoms with van der Waals surface area (Å²) in [6, 6.07) is 9.63. The molecule has 0 atom stereocenters. The van der Waals surface area contributed by atoms with E-state index in [0.717, 1.165) is 4.47 Å². The summed E-state index contributed by atoms with van der Waals surface area (Å²) in [5.41, 5.74) is 1.34. The molecule has 0 aliphatic heterocycles. The van der Waals surface area contributed by atoms with E-state index in [1.165, 1.54) is 13.0 Å². The van der Waals surface area contributed by atoms with E-state index in [1.807, 2.05) is 0 Å². The zero-order chi connectivity index (χ0) is 13.3. The molecule has 4 heteroatoms. The highest BCUT2D eigenvalue weighted by Crippen LogP contribution is 2.32. The molecule has 2 aromatic carbocycles. The second-order valence-electron chi connectivity index (χ2n) is 3.87. The maximum Gasteiger partial charge on any atom is 0.159 e. The lowest BCUT2D eigenvalue weighted by atomic mass is 10.0. The van der Waals surface area contributed by atoms with E-state index in [0.29, 0.717) is 21.7 Å². The second kappa shape index (κ2) is 5.21. The topological polar surface area (TPSA) is 17.1 Å². The van der Waals surface area contributed by atoms with Gasteiger partial charge in [0.05, 0.1) is 0 Å². The standard InChI is InChI=1S/C14H9BrClFO/c1-8(18)9-2-4-12(14(17)6-9)11-5-3-10(15)7-13(11)16/h2-7H,1H3. The van der Waals surface area contributed by atoms with Crippen LogP contribution in [-0.4, -0.2) is 5.78 Å². The second-order valence-corrected chi connectivity index (χ2v) is 5.20. The van der Waals surface area contributed by atoms with Gasteiger partial charge in [0.15, 0.2) is 5.78 Å².